The molecule has 8 nitrogen and oxygen atoms in total. The number of carbonyl (C=O) groups is 1. The highest BCUT2D eigenvalue weighted by Gasteiger charge is 2.29. The third-order valence-electron chi connectivity index (χ3n) is 7.45. The molecule has 12 heteroatoms. The summed E-state index contributed by atoms with van der Waals surface area (Å²) in [6.07, 6.45) is 3.26. The summed E-state index contributed by atoms with van der Waals surface area (Å²) in [5.74, 6) is -1.65. The van der Waals surface area contributed by atoms with E-state index in [1.54, 1.807) is 4.90 Å². The minimum Gasteiger partial charge on any atom is -0.490 e. The number of hydrogen-bond donors (Lipinski definition) is 0. The Kier molecular flexibility index (Phi) is 7.40. The predicted molar refractivity (Wildman–Crippen MR) is 166 cm³/mol. The molecule has 7 rings (SSSR count). The summed E-state index contributed by atoms with van der Waals surface area (Å²) < 4.78 is 47.7. The van der Waals surface area contributed by atoms with E-state index in [2.05, 4.69) is 11.6 Å². The summed E-state index contributed by atoms with van der Waals surface area (Å²) >= 11 is 2.82. The summed E-state index contributed by atoms with van der Waals surface area (Å²) in [6, 6.07) is 9.58. The Balaban J connectivity index is 1.49. The predicted octanol–water partition coefficient (Wildman–Crippen LogP) is 7.27. The number of thiazole rings is 1. The van der Waals surface area contributed by atoms with E-state index >= 15 is 4.39 Å². The summed E-state index contributed by atoms with van der Waals surface area (Å²) in [5, 5.41) is 3.26. The van der Waals surface area contributed by atoms with E-state index < -0.39 is 11.6 Å². The molecule has 0 saturated carbocycles. The van der Waals surface area contributed by atoms with Crippen molar-refractivity contribution in [1.82, 2.24) is 19.9 Å². The van der Waals surface area contributed by atoms with Crippen LogP contribution < -0.4 is 4.74 Å². The maximum absolute atomic E-state index is 15.9. The first-order valence-corrected chi connectivity index (χ1v) is 15.4. The van der Waals surface area contributed by atoms with Crippen molar-refractivity contribution in [2.45, 2.75) is 13.0 Å². The van der Waals surface area contributed by atoms with E-state index in [9.17, 15) is 9.18 Å². The third-order valence-corrected chi connectivity index (χ3v) is 9.47. The van der Waals surface area contributed by atoms with E-state index in [1.807, 2.05) is 29.6 Å². The standard InChI is InChI=1S/C32H24F2N4O4S2/c1-3-26(39)38-8-6-21-25(15-38)44-32(36-21)30-28(27-20(34)13-18(33)14-24(27)41-10-9-40-2)31-19(7-11-43-31)29(37-30)17-4-5-23-22(12-17)35-16-42-23/h3-5,7,11-14,16H,1,6,8-10,15H2,2H3. The molecule has 0 spiro atoms. The molecule has 2 aromatic carbocycles. The van der Waals surface area contributed by atoms with E-state index in [4.69, 9.17) is 23.9 Å². The van der Waals surface area contributed by atoms with Gasteiger partial charge in [0.25, 0.3) is 0 Å². The zero-order chi connectivity index (χ0) is 30.4. The first-order chi connectivity index (χ1) is 21.4. The second kappa shape index (κ2) is 11.5. The minimum atomic E-state index is -0.781. The number of pyridine rings is 1. The Bertz CT molecular complexity index is 2070. The van der Waals surface area contributed by atoms with Crippen molar-refractivity contribution in [2.24, 2.45) is 0 Å². The molecule has 0 bridgehead atoms. The number of ether oxygens (including phenoxy) is 2. The third kappa shape index (κ3) is 4.94. The summed E-state index contributed by atoms with van der Waals surface area (Å²) in [5.41, 5.74) is 4.60. The lowest BCUT2D eigenvalue weighted by atomic mass is 9.97. The van der Waals surface area contributed by atoms with Crippen molar-refractivity contribution in [3.8, 4) is 38.8 Å². The SMILES string of the molecule is C=CC(=O)N1CCc2nc(-c3nc(-c4ccc5ocnc5c4)c4ccsc4c3-c3c(F)cc(F)cc3OCCOC)sc2C1. The van der Waals surface area contributed by atoms with Crippen LogP contribution >= 0.6 is 22.7 Å². The number of thiophene rings is 1. The highest BCUT2D eigenvalue weighted by molar-refractivity contribution is 7.18. The highest BCUT2D eigenvalue weighted by atomic mass is 32.1. The quantitative estimate of drug-likeness (QED) is 0.129. The van der Waals surface area contributed by atoms with Crippen molar-refractivity contribution in [3.05, 3.63) is 83.0 Å². The molecule has 0 aliphatic carbocycles. The lowest BCUT2D eigenvalue weighted by Crippen LogP contribution is -2.34. The Hall–Kier alpha value is -4.52. The number of aromatic nitrogens is 3. The molecule has 0 radical (unpaired) electrons. The first kappa shape index (κ1) is 28.3. The lowest BCUT2D eigenvalue weighted by molar-refractivity contribution is -0.126. The molecule has 222 valence electrons. The minimum absolute atomic E-state index is 0.0399. The molecule has 1 aliphatic rings. The summed E-state index contributed by atoms with van der Waals surface area (Å²) in [4.78, 5) is 29.4. The number of halogens is 2. The van der Waals surface area contributed by atoms with Crippen LogP contribution in [-0.4, -0.2) is 52.6 Å². The fourth-order valence-electron chi connectivity index (χ4n) is 5.39. The van der Waals surface area contributed by atoms with Crippen LogP contribution in [0.2, 0.25) is 0 Å². The second-order valence-corrected chi connectivity index (χ2v) is 12.1. The average Bonchev–Trinajstić information content (AvgIpc) is 3.79. The van der Waals surface area contributed by atoms with Crippen LogP contribution in [0.15, 0.2) is 65.2 Å². The monoisotopic (exact) mass is 630 g/mol. The Labute approximate surface area is 258 Å². The molecule has 0 unspecified atom stereocenters. The van der Waals surface area contributed by atoms with E-state index in [1.165, 1.54) is 48.3 Å². The highest BCUT2D eigenvalue weighted by Crippen LogP contribution is 2.48. The van der Waals surface area contributed by atoms with Gasteiger partial charge in [0.05, 0.1) is 30.1 Å². The zero-order valence-corrected chi connectivity index (χ0v) is 25.1. The molecule has 5 heterocycles. The molecular formula is C32H24F2N4O4S2. The van der Waals surface area contributed by atoms with Gasteiger partial charge in [-0.2, -0.15) is 0 Å². The Morgan fingerprint density at radius 3 is 2.86 bits per heavy atom. The molecule has 0 fully saturated rings. The number of amides is 1. The molecule has 1 amide bonds. The van der Waals surface area contributed by atoms with Crippen molar-refractivity contribution >= 4 is 49.8 Å². The molecule has 0 atom stereocenters. The van der Waals surface area contributed by atoms with E-state index in [0.717, 1.165) is 32.3 Å². The smallest absolute Gasteiger partial charge is 0.246 e. The van der Waals surface area contributed by atoms with Gasteiger partial charge < -0.3 is 18.8 Å². The number of rotatable bonds is 8. The van der Waals surface area contributed by atoms with Gasteiger partial charge in [-0.25, -0.2) is 23.7 Å². The molecule has 4 aromatic heterocycles. The van der Waals surface area contributed by atoms with Crippen molar-refractivity contribution in [1.29, 1.82) is 0 Å². The zero-order valence-electron chi connectivity index (χ0n) is 23.4. The normalized spacial score (nSPS) is 13.0. The van der Waals surface area contributed by atoms with Crippen LogP contribution in [0.4, 0.5) is 8.78 Å². The average molecular weight is 631 g/mol. The molecular weight excluding hydrogens is 607 g/mol. The van der Waals surface area contributed by atoms with Gasteiger partial charge in [0.15, 0.2) is 12.0 Å². The van der Waals surface area contributed by atoms with Gasteiger partial charge in [0.1, 0.15) is 40.2 Å². The largest absolute Gasteiger partial charge is 0.490 e. The van der Waals surface area contributed by atoms with Gasteiger partial charge >= 0.3 is 0 Å². The van der Waals surface area contributed by atoms with Gasteiger partial charge in [-0.15, -0.1) is 22.7 Å². The fourth-order valence-corrected chi connectivity index (χ4v) is 7.46. The van der Waals surface area contributed by atoms with Crippen LogP contribution in [0.25, 0.3) is 54.3 Å². The van der Waals surface area contributed by atoms with Gasteiger partial charge in [-0.3, -0.25) is 4.79 Å². The maximum atomic E-state index is 15.9. The van der Waals surface area contributed by atoms with E-state index in [0.29, 0.717) is 52.6 Å². The van der Waals surface area contributed by atoms with Crippen LogP contribution in [0.1, 0.15) is 10.6 Å². The molecule has 44 heavy (non-hydrogen) atoms. The molecule has 6 aromatic rings. The second-order valence-electron chi connectivity index (χ2n) is 10.1. The van der Waals surface area contributed by atoms with Crippen LogP contribution in [0.3, 0.4) is 0 Å². The van der Waals surface area contributed by atoms with E-state index in [-0.39, 0.29) is 30.4 Å². The van der Waals surface area contributed by atoms with Crippen LogP contribution in [-0.2, 0) is 22.5 Å². The van der Waals surface area contributed by atoms with Crippen LogP contribution in [0.5, 0.6) is 5.75 Å². The number of hydrogen-bond acceptors (Lipinski definition) is 9. The topological polar surface area (TPSA) is 90.6 Å². The number of methoxy groups -OCH3 is 1. The summed E-state index contributed by atoms with van der Waals surface area (Å²) in [6.45, 7) is 4.84. The van der Waals surface area contributed by atoms with Crippen molar-refractivity contribution < 1.29 is 27.5 Å². The summed E-state index contributed by atoms with van der Waals surface area (Å²) in [7, 11) is 1.52. The lowest BCUT2D eigenvalue weighted by Gasteiger charge is -2.24. The number of benzene rings is 2. The van der Waals surface area contributed by atoms with Gasteiger partial charge in [-0.05, 0) is 35.7 Å². The number of oxazole rings is 1. The number of nitrogens with zero attached hydrogens (tertiary/aromatic N) is 4. The Morgan fingerprint density at radius 1 is 1.14 bits per heavy atom. The van der Waals surface area contributed by atoms with Crippen molar-refractivity contribution in [2.75, 3.05) is 26.9 Å². The van der Waals surface area contributed by atoms with Gasteiger partial charge in [-0.1, -0.05) is 6.58 Å². The number of carbonyl (C=O) groups excluding carboxylic acids is 1. The Morgan fingerprint density at radius 2 is 2.02 bits per heavy atom. The van der Waals surface area contributed by atoms with Crippen LogP contribution in [0, 0.1) is 11.6 Å². The fraction of sp³-hybridized carbons (Fsp3) is 0.188. The van der Waals surface area contributed by atoms with Gasteiger partial charge in [0, 0.05) is 58.3 Å². The maximum Gasteiger partial charge on any atom is 0.246 e. The molecule has 0 saturated heterocycles. The molecule has 0 N–H and O–H groups in total. The van der Waals surface area contributed by atoms with Gasteiger partial charge in [0.2, 0.25) is 5.91 Å². The molecule has 1 aliphatic heterocycles. The van der Waals surface area contributed by atoms with Crippen molar-refractivity contribution in [3.63, 3.8) is 0 Å². The first-order valence-electron chi connectivity index (χ1n) is 13.7. The number of fused-ring (bicyclic) bond motifs is 3.